The minimum atomic E-state index is 0.234. The largest absolute Gasteiger partial charge is 0.497 e. The Morgan fingerprint density at radius 3 is 2.54 bits per heavy atom. The van der Waals surface area contributed by atoms with Crippen molar-refractivity contribution in [3.63, 3.8) is 0 Å². The van der Waals surface area contributed by atoms with Crippen molar-refractivity contribution in [1.29, 1.82) is 0 Å². The van der Waals surface area contributed by atoms with Crippen LogP contribution in [0.1, 0.15) is 0 Å². The summed E-state index contributed by atoms with van der Waals surface area (Å²) >= 11 is 10.3. The molecular formula is C17H16N4O2S3. The third kappa shape index (κ3) is 4.24. The van der Waals surface area contributed by atoms with E-state index in [1.807, 2.05) is 53.1 Å². The Balaban J connectivity index is 2.10. The Hall–Kier alpha value is -2.36. The van der Waals surface area contributed by atoms with Crippen molar-refractivity contribution in [3.05, 3.63) is 53.3 Å². The lowest BCUT2D eigenvalue weighted by atomic mass is 10.3. The van der Waals surface area contributed by atoms with Gasteiger partial charge in [0, 0.05) is 29.4 Å². The van der Waals surface area contributed by atoms with Gasteiger partial charge in [-0.3, -0.25) is 4.57 Å². The predicted molar refractivity (Wildman–Crippen MR) is 111 cm³/mol. The van der Waals surface area contributed by atoms with E-state index in [0.717, 1.165) is 22.9 Å². The zero-order chi connectivity index (χ0) is 18.5. The molecule has 0 aliphatic carbocycles. The maximum absolute atomic E-state index is 5.32. The Kier molecular flexibility index (Phi) is 5.92. The second kappa shape index (κ2) is 8.35. The van der Waals surface area contributed by atoms with Gasteiger partial charge >= 0.3 is 0 Å². The van der Waals surface area contributed by atoms with Crippen LogP contribution in [-0.2, 0) is 0 Å². The van der Waals surface area contributed by atoms with Crippen molar-refractivity contribution in [2.75, 3.05) is 19.5 Å². The third-order valence-electron chi connectivity index (χ3n) is 3.45. The van der Waals surface area contributed by atoms with Crippen LogP contribution >= 0.6 is 36.4 Å². The fourth-order valence-corrected chi connectivity index (χ4v) is 3.31. The van der Waals surface area contributed by atoms with Crippen molar-refractivity contribution < 1.29 is 9.47 Å². The number of anilines is 2. The Labute approximate surface area is 165 Å². The molecule has 3 aromatic rings. The van der Waals surface area contributed by atoms with E-state index in [9.17, 15) is 0 Å². The van der Waals surface area contributed by atoms with Crippen LogP contribution in [0, 0.1) is 0 Å². The highest BCUT2D eigenvalue weighted by Crippen LogP contribution is 2.23. The van der Waals surface area contributed by atoms with Gasteiger partial charge < -0.3 is 14.8 Å². The van der Waals surface area contributed by atoms with Crippen LogP contribution in [0.4, 0.5) is 11.6 Å². The first-order chi connectivity index (χ1) is 12.6. The molecule has 0 atom stereocenters. The van der Waals surface area contributed by atoms with Gasteiger partial charge in [0.05, 0.1) is 19.9 Å². The lowest BCUT2D eigenvalue weighted by molar-refractivity contribution is 0.414. The summed E-state index contributed by atoms with van der Waals surface area (Å²) in [6.07, 6.45) is 0. The van der Waals surface area contributed by atoms with Crippen molar-refractivity contribution in [3.8, 4) is 17.2 Å². The van der Waals surface area contributed by atoms with Gasteiger partial charge in [-0.25, -0.2) is 4.99 Å². The first-order valence-electron chi connectivity index (χ1n) is 7.52. The number of rotatable bonds is 5. The molecule has 0 bridgehead atoms. The molecule has 6 nitrogen and oxygen atoms in total. The maximum Gasteiger partial charge on any atom is 0.225 e. The van der Waals surface area contributed by atoms with Gasteiger partial charge in [0.25, 0.3) is 0 Å². The zero-order valence-electron chi connectivity index (χ0n) is 14.0. The highest BCUT2D eigenvalue weighted by Gasteiger charge is 2.12. The molecule has 1 N–H and O–H groups in total. The van der Waals surface area contributed by atoms with Gasteiger partial charge in [-0.05, 0) is 24.3 Å². The normalized spacial score (nSPS) is 11.3. The number of hydrogen-bond donors (Lipinski definition) is 2. The molecular weight excluding hydrogens is 388 g/mol. The van der Waals surface area contributed by atoms with Gasteiger partial charge in [-0.15, -0.1) is 12.6 Å². The molecule has 2 aromatic carbocycles. The fraction of sp³-hybridized carbons (Fsp3) is 0.118. The van der Waals surface area contributed by atoms with Crippen molar-refractivity contribution in [2.24, 2.45) is 4.99 Å². The molecule has 1 aromatic heterocycles. The quantitative estimate of drug-likeness (QED) is 0.500. The summed E-state index contributed by atoms with van der Waals surface area (Å²) in [7, 11) is 3.25. The van der Waals surface area contributed by atoms with Gasteiger partial charge in [-0.2, -0.15) is 4.37 Å². The molecule has 9 heteroatoms. The standard InChI is InChI=1S/C17H16N4O2S3/c1-22-13-7-3-5-11(9-13)18-15-20-26-16(19-17(24)25)21(15)12-6-4-8-14(10-12)23-2/h3-10H,1-2H3,(H,18,20)(H,24,25)/b19-16-. The number of nitrogens with one attached hydrogen (secondary N) is 1. The zero-order valence-corrected chi connectivity index (χ0v) is 16.6. The van der Waals surface area contributed by atoms with Crippen LogP contribution in [0.3, 0.4) is 0 Å². The lowest BCUT2D eigenvalue weighted by Crippen LogP contribution is -2.16. The van der Waals surface area contributed by atoms with Crippen LogP contribution < -0.4 is 19.6 Å². The van der Waals surface area contributed by atoms with E-state index in [2.05, 4.69) is 27.3 Å². The molecule has 0 fully saturated rings. The first kappa shape index (κ1) is 18.4. The minimum Gasteiger partial charge on any atom is -0.497 e. The predicted octanol–water partition coefficient (Wildman–Crippen LogP) is 3.81. The van der Waals surface area contributed by atoms with Crippen molar-refractivity contribution in [1.82, 2.24) is 8.94 Å². The molecule has 0 saturated heterocycles. The number of hydrogen-bond acceptors (Lipinski definition) is 6. The fourth-order valence-electron chi connectivity index (χ4n) is 2.30. The van der Waals surface area contributed by atoms with Gasteiger partial charge in [0.15, 0.2) is 4.32 Å². The van der Waals surface area contributed by atoms with E-state index < -0.39 is 0 Å². The Morgan fingerprint density at radius 2 is 1.85 bits per heavy atom. The second-order valence-electron chi connectivity index (χ2n) is 5.08. The highest BCUT2D eigenvalue weighted by atomic mass is 32.1. The van der Waals surface area contributed by atoms with E-state index in [4.69, 9.17) is 21.7 Å². The molecule has 0 unspecified atom stereocenters. The van der Waals surface area contributed by atoms with Crippen LogP contribution in [0.25, 0.3) is 5.69 Å². The van der Waals surface area contributed by atoms with Crippen molar-refractivity contribution in [2.45, 2.75) is 0 Å². The van der Waals surface area contributed by atoms with Crippen LogP contribution in [0.15, 0.2) is 53.5 Å². The molecule has 0 aliphatic rings. The number of benzene rings is 2. The number of thiocarbonyl (C=S) groups is 1. The number of nitrogens with zero attached hydrogens (tertiary/aromatic N) is 3. The van der Waals surface area contributed by atoms with E-state index in [-0.39, 0.29) is 4.32 Å². The second-order valence-corrected chi connectivity index (χ2v) is 6.92. The highest BCUT2D eigenvalue weighted by molar-refractivity contribution is 8.11. The summed E-state index contributed by atoms with van der Waals surface area (Å²) in [5, 5.41) is 3.29. The number of methoxy groups -OCH3 is 2. The molecule has 0 spiro atoms. The third-order valence-corrected chi connectivity index (χ3v) is 4.34. The summed E-state index contributed by atoms with van der Waals surface area (Å²) in [6.45, 7) is 0. The Bertz CT molecular complexity index is 997. The van der Waals surface area contributed by atoms with E-state index in [1.54, 1.807) is 14.2 Å². The van der Waals surface area contributed by atoms with E-state index in [0.29, 0.717) is 10.7 Å². The molecule has 1 heterocycles. The summed E-state index contributed by atoms with van der Waals surface area (Å²) in [4.78, 5) is 4.90. The Morgan fingerprint density at radius 1 is 1.15 bits per heavy atom. The van der Waals surface area contributed by atoms with Crippen LogP contribution in [-0.4, -0.2) is 27.5 Å². The van der Waals surface area contributed by atoms with E-state index in [1.165, 1.54) is 11.5 Å². The molecule has 3 rings (SSSR count). The van der Waals surface area contributed by atoms with Gasteiger partial charge in [-0.1, -0.05) is 24.4 Å². The maximum atomic E-state index is 5.32. The average Bonchev–Trinajstić information content (AvgIpc) is 3.03. The summed E-state index contributed by atoms with van der Waals surface area (Å²) in [5.74, 6) is 2.08. The van der Waals surface area contributed by atoms with Crippen molar-refractivity contribution >= 4 is 52.3 Å². The molecule has 134 valence electrons. The van der Waals surface area contributed by atoms with Gasteiger partial charge in [0.2, 0.25) is 10.7 Å². The molecule has 0 aliphatic heterocycles. The SMILES string of the molecule is COc1cccc(Nc2ns/c(=N\C(=S)S)n2-c2cccc(OC)c2)c1. The van der Waals surface area contributed by atoms with Gasteiger partial charge in [0.1, 0.15) is 11.5 Å². The van der Waals surface area contributed by atoms with Crippen LogP contribution in [0.5, 0.6) is 11.5 Å². The monoisotopic (exact) mass is 404 g/mol. The minimum absolute atomic E-state index is 0.234. The average molecular weight is 405 g/mol. The summed E-state index contributed by atoms with van der Waals surface area (Å²) in [6, 6.07) is 15.2. The summed E-state index contributed by atoms with van der Waals surface area (Å²) < 4.78 is 17.2. The molecule has 0 amide bonds. The number of thiol groups is 1. The number of ether oxygens (including phenoxy) is 2. The van der Waals surface area contributed by atoms with Crippen LogP contribution in [0.2, 0.25) is 0 Å². The smallest absolute Gasteiger partial charge is 0.225 e. The molecule has 0 saturated carbocycles. The number of aromatic nitrogens is 2. The first-order valence-corrected chi connectivity index (χ1v) is 9.15. The topological polar surface area (TPSA) is 60.7 Å². The summed E-state index contributed by atoms with van der Waals surface area (Å²) in [5.41, 5.74) is 1.68. The molecule has 26 heavy (non-hydrogen) atoms. The van der Waals surface area contributed by atoms with E-state index >= 15 is 0 Å². The molecule has 0 radical (unpaired) electrons. The lowest BCUT2D eigenvalue weighted by Gasteiger charge is -2.11.